The van der Waals surface area contributed by atoms with Gasteiger partial charge < -0.3 is 25.0 Å². The van der Waals surface area contributed by atoms with Gasteiger partial charge in [0.1, 0.15) is 29.3 Å². The van der Waals surface area contributed by atoms with Gasteiger partial charge in [-0.15, -0.1) is 0 Å². The number of rotatable bonds is 7. The minimum atomic E-state index is -0.528. The maximum absolute atomic E-state index is 13.6. The summed E-state index contributed by atoms with van der Waals surface area (Å²) in [5, 5.41) is 6.56. The van der Waals surface area contributed by atoms with Crippen LogP contribution in [0, 0.1) is 5.82 Å². The van der Waals surface area contributed by atoms with Crippen molar-refractivity contribution in [2.75, 3.05) is 50.5 Å². The molecule has 4 rings (SSSR count). The minimum absolute atomic E-state index is 0.0188. The summed E-state index contributed by atoms with van der Waals surface area (Å²) in [6.45, 7) is 8.58. The summed E-state index contributed by atoms with van der Waals surface area (Å²) in [6, 6.07) is 7.67. The fourth-order valence-electron chi connectivity index (χ4n) is 4.08. The summed E-state index contributed by atoms with van der Waals surface area (Å²) >= 11 is 5.91. The van der Waals surface area contributed by atoms with Crippen molar-refractivity contribution >= 4 is 51.7 Å². The first-order valence-electron chi connectivity index (χ1n) is 12.7. The van der Waals surface area contributed by atoms with Crippen molar-refractivity contribution in [3.63, 3.8) is 0 Å². The zero-order chi connectivity index (χ0) is 28.9. The quantitative estimate of drug-likeness (QED) is 0.372. The lowest BCUT2D eigenvalue weighted by Crippen LogP contribution is -2.49. The van der Waals surface area contributed by atoms with E-state index in [9.17, 15) is 14.0 Å². The van der Waals surface area contributed by atoms with Crippen molar-refractivity contribution in [2.24, 2.45) is 0 Å². The van der Waals surface area contributed by atoms with Crippen LogP contribution in [0.3, 0.4) is 0 Å². The van der Waals surface area contributed by atoms with Gasteiger partial charge in [-0.25, -0.2) is 19.2 Å². The predicted molar refractivity (Wildman–Crippen MR) is 153 cm³/mol. The van der Waals surface area contributed by atoms with Crippen LogP contribution in [-0.2, 0) is 9.53 Å². The van der Waals surface area contributed by atoms with Crippen LogP contribution in [0.25, 0.3) is 10.9 Å². The first kappa shape index (κ1) is 29.0. The van der Waals surface area contributed by atoms with Gasteiger partial charge in [0, 0.05) is 55.9 Å². The molecule has 1 fully saturated rings. The molecule has 1 saturated heterocycles. The third kappa shape index (κ3) is 7.57. The number of nitrogens with zero attached hydrogens (tertiary/aromatic N) is 4. The van der Waals surface area contributed by atoms with Gasteiger partial charge in [-0.3, -0.25) is 9.69 Å². The molecule has 0 saturated carbocycles. The lowest BCUT2D eigenvalue weighted by atomic mass is 10.1. The fraction of sp³-hybridized carbons (Fsp3) is 0.357. The van der Waals surface area contributed by atoms with Crippen molar-refractivity contribution < 1.29 is 23.5 Å². The van der Waals surface area contributed by atoms with E-state index >= 15 is 0 Å². The van der Waals surface area contributed by atoms with Crippen LogP contribution >= 0.6 is 11.6 Å². The highest BCUT2D eigenvalue weighted by molar-refractivity contribution is 6.31. The number of methoxy groups -OCH3 is 1. The Morgan fingerprint density at radius 1 is 1.12 bits per heavy atom. The van der Waals surface area contributed by atoms with Crippen molar-refractivity contribution in [3.05, 3.63) is 59.7 Å². The molecule has 10 nitrogen and oxygen atoms in total. The van der Waals surface area contributed by atoms with Crippen LogP contribution in [0.5, 0.6) is 5.75 Å². The van der Waals surface area contributed by atoms with E-state index in [1.54, 1.807) is 29.2 Å². The van der Waals surface area contributed by atoms with E-state index in [1.807, 2.05) is 20.8 Å². The van der Waals surface area contributed by atoms with E-state index in [2.05, 4.69) is 25.5 Å². The lowest BCUT2D eigenvalue weighted by Gasteiger charge is -2.35. The number of ether oxygens (including phenoxy) is 2. The third-order valence-corrected chi connectivity index (χ3v) is 6.34. The molecule has 0 spiro atoms. The van der Waals surface area contributed by atoms with Gasteiger partial charge in [-0.1, -0.05) is 17.7 Å². The standard InChI is InChI=1S/C28H32ClFN6O4/c1-28(2,3)40-27(38)36-12-10-35(11-13-36)9-5-6-25(37)34-23-15-19-22(16-24(23)39-4)31-17-32-26(19)33-18-7-8-21(30)20(29)14-18/h5-8,14-17H,9-13H2,1-4H3,(H,34,37)(H,31,32,33)/b6-5+. The van der Waals surface area contributed by atoms with Crippen LogP contribution in [0.4, 0.5) is 26.4 Å². The van der Waals surface area contributed by atoms with Crippen LogP contribution in [0.2, 0.25) is 5.02 Å². The first-order chi connectivity index (χ1) is 19.0. The number of amides is 2. The highest BCUT2D eigenvalue weighted by atomic mass is 35.5. The van der Waals surface area contributed by atoms with Gasteiger partial charge in [0.05, 0.1) is 23.3 Å². The first-order valence-corrected chi connectivity index (χ1v) is 13.1. The number of piperazine rings is 1. The molecular weight excluding hydrogens is 539 g/mol. The normalized spacial score (nSPS) is 14.4. The lowest BCUT2D eigenvalue weighted by molar-refractivity contribution is -0.111. The van der Waals surface area contributed by atoms with E-state index < -0.39 is 11.4 Å². The predicted octanol–water partition coefficient (Wildman–Crippen LogP) is 5.22. The molecule has 1 aliphatic heterocycles. The molecule has 0 unspecified atom stereocenters. The Balaban J connectivity index is 1.39. The number of benzene rings is 2. The average Bonchev–Trinajstić information content (AvgIpc) is 2.90. The number of carbonyl (C=O) groups excluding carboxylic acids is 2. The average molecular weight is 571 g/mol. The van der Waals surface area contributed by atoms with Crippen LogP contribution in [-0.4, -0.2) is 77.2 Å². The third-order valence-electron chi connectivity index (χ3n) is 6.05. The Morgan fingerprint density at radius 2 is 1.88 bits per heavy atom. The SMILES string of the molecule is COc1cc2ncnc(Nc3ccc(F)c(Cl)c3)c2cc1NC(=O)/C=C/CN1CCN(C(=O)OC(C)(C)C)CC1. The molecule has 0 radical (unpaired) electrons. The molecule has 40 heavy (non-hydrogen) atoms. The van der Waals surface area contributed by atoms with Crippen LogP contribution < -0.4 is 15.4 Å². The number of anilines is 3. The monoisotopic (exact) mass is 570 g/mol. The molecule has 1 aliphatic rings. The van der Waals surface area contributed by atoms with Crippen molar-refractivity contribution in [1.29, 1.82) is 0 Å². The Bertz CT molecular complexity index is 1420. The number of carbonyl (C=O) groups is 2. The van der Waals surface area contributed by atoms with Gasteiger partial charge in [0.2, 0.25) is 5.91 Å². The molecular formula is C28H32ClFN6O4. The van der Waals surface area contributed by atoms with E-state index in [0.717, 1.165) is 0 Å². The van der Waals surface area contributed by atoms with Gasteiger partial charge in [0.15, 0.2) is 0 Å². The second kappa shape index (κ2) is 12.5. The Kier molecular flexibility index (Phi) is 9.06. The molecule has 3 aromatic rings. The summed E-state index contributed by atoms with van der Waals surface area (Å²) in [6.07, 6.45) is 4.33. The smallest absolute Gasteiger partial charge is 0.410 e. The number of halogens is 2. The van der Waals surface area contributed by atoms with Crippen molar-refractivity contribution in [3.8, 4) is 5.75 Å². The van der Waals surface area contributed by atoms with E-state index in [-0.39, 0.29) is 17.0 Å². The summed E-state index contributed by atoms with van der Waals surface area (Å²) < 4.78 is 24.5. The summed E-state index contributed by atoms with van der Waals surface area (Å²) in [5.74, 6) is 0.0289. The Labute approximate surface area is 237 Å². The molecule has 0 bridgehead atoms. The van der Waals surface area contributed by atoms with Crippen LogP contribution in [0.1, 0.15) is 20.8 Å². The topological polar surface area (TPSA) is 109 Å². The maximum atomic E-state index is 13.6. The number of nitrogens with one attached hydrogen (secondary N) is 2. The molecule has 2 amide bonds. The second-order valence-corrected chi connectivity index (χ2v) is 10.6. The zero-order valence-corrected chi connectivity index (χ0v) is 23.6. The number of hydrogen-bond donors (Lipinski definition) is 2. The van der Waals surface area contributed by atoms with Gasteiger partial charge in [-0.05, 0) is 45.0 Å². The van der Waals surface area contributed by atoms with E-state index in [0.29, 0.717) is 66.6 Å². The molecule has 2 N–H and O–H groups in total. The van der Waals surface area contributed by atoms with Crippen molar-refractivity contribution in [2.45, 2.75) is 26.4 Å². The highest BCUT2D eigenvalue weighted by Crippen LogP contribution is 2.33. The number of hydrogen-bond acceptors (Lipinski definition) is 8. The molecule has 2 heterocycles. The summed E-state index contributed by atoms with van der Waals surface area (Å²) in [5.41, 5.74) is 1.04. The molecule has 1 aromatic heterocycles. The molecule has 2 aromatic carbocycles. The summed E-state index contributed by atoms with van der Waals surface area (Å²) in [4.78, 5) is 37.4. The Morgan fingerprint density at radius 3 is 2.55 bits per heavy atom. The highest BCUT2D eigenvalue weighted by Gasteiger charge is 2.25. The molecule has 0 atom stereocenters. The van der Waals surface area contributed by atoms with Gasteiger partial charge in [0.25, 0.3) is 0 Å². The molecule has 0 aliphatic carbocycles. The Hall–Kier alpha value is -3.96. The zero-order valence-electron chi connectivity index (χ0n) is 22.8. The van der Waals surface area contributed by atoms with E-state index in [1.165, 1.54) is 31.6 Å². The minimum Gasteiger partial charge on any atom is -0.494 e. The number of aromatic nitrogens is 2. The van der Waals surface area contributed by atoms with Crippen molar-refractivity contribution in [1.82, 2.24) is 19.8 Å². The van der Waals surface area contributed by atoms with E-state index in [4.69, 9.17) is 21.1 Å². The van der Waals surface area contributed by atoms with Gasteiger partial charge in [-0.2, -0.15) is 0 Å². The maximum Gasteiger partial charge on any atom is 0.410 e. The fourth-order valence-corrected chi connectivity index (χ4v) is 4.26. The second-order valence-electron chi connectivity index (χ2n) is 10.2. The number of fused-ring (bicyclic) bond motifs is 1. The largest absolute Gasteiger partial charge is 0.494 e. The van der Waals surface area contributed by atoms with Crippen LogP contribution in [0.15, 0.2) is 48.8 Å². The van der Waals surface area contributed by atoms with Gasteiger partial charge >= 0.3 is 6.09 Å². The molecule has 212 valence electrons. The summed E-state index contributed by atoms with van der Waals surface area (Å²) in [7, 11) is 1.50. The molecule has 12 heteroatoms.